The molecule has 0 aromatic carbocycles. The Balaban J connectivity index is 2.79. The topological polar surface area (TPSA) is 83.6 Å². The van der Waals surface area contributed by atoms with Gasteiger partial charge in [-0.15, -0.1) is 11.8 Å². The molecule has 3 N–H and O–H groups in total. The molecule has 1 aliphatic heterocycles. The Labute approximate surface area is 93.0 Å². The van der Waals surface area contributed by atoms with Crippen LogP contribution in [0, 0.1) is 0 Å². The fraction of sp³-hybridized carbons (Fsp3) is 0.778. The minimum absolute atomic E-state index is 0.276. The van der Waals surface area contributed by atoms with Crippen LogP contribution >= 0.6 is 11.8 Å². The van der Waals surface area contributed by atoms with Crippen molar-refractivity contribution in [1.82, 2.24) is 4.90 Å². The zero-order valence-corrected chi connectivity index (χ0v) is 9.71. The van der Waals surface area contributed by atoms with E-state index in [1.807, 2.05) is 6.92 Å². The van der Waals surface area contributed by atoms with E-state index in [2.05, 4.69) is 0 Å². The Morgan fingerprint density at radius 2 is 2.27 bits per heavy atom. The summed E-state index contributed by atoms with van der Waals surface area (Å²) >= 11 is 1.44. The third kappa shape index (κ3) is 2.43. The Hall–Kier alpha value is -0.750. The molecule has 5 nitrogen and oxygen atoms in total. The van der Waals surface area contributed by atoms with Crippen LogP contribution in [0.4, 0.5) is 0 Å². The zero-order chi connectivity index (χ0) is 11.6. The molecular formula is C9H16N2O3S. The Bertz CT molecular complexity index is 281. The van der Waals surface area contributed by atoms with E-state index in [1.165, 1.54) is 16.7 Å². The molecule has 0 bridgehead atoms. The molecule has 0 spiro atoms. The van der Waals surface area contributed by atoms with Crippen molar-refractivity contribution in [2.45, 2.75) is 31.8 Å². The predicted molar refractivity (Wildman–Crippen MR) is 58.5 cm³/mol. The largest absolute Gasteiger partial charge is 0.480 e. The first kappa shape index (κ1) is 12.3. The third-order valence-corrected chi connectivity index (χ3v) is 3.66. The van der Waals surface area contributed by atoms with Crippen molar-refractivity contribution in [3.63, 3.8) is 0 Å². The lowest BCUT2D eigenvalue weighted by Crippen LogP contribution is -2.55. The van der Waals surface area contributed by atoms with Crippen LogP contribution in [0.5, 0.6) is 0 Å². The second-order valence-corrected chi connectivity index (χ2v) is 4.90. The highest BCUT2D eigenvalue weighted by Crippen LogP contribution is 2.24. The van der Waals surface area contributed by atoms with E-state index in [0.717, 1.165) is 0 Å². The van der Waals surface area contributed by atoms with Gasteiger partial charge in [-0.2, -0.15) is 0 Å². The van der Waals surface area contributed by atoms with Crippen LogP contribution in [0.15, 0.2) is 0 Å². The van der Waals surface area contributed by atoms with Crippen molar-refractivity contribution in [1.29, 1.82) is 0 Å². The van der Waals surface area contributed by atoms with Gasteiger partial charge in [-0.05, 0) is 13.3 Å². The van der Waals surface area contributed by atoms with Gasteiger partial charge in [0.15, 0.2) is 0 Å². The molecule has 1 amide bonds. The van der Waals surface area contributed by atoms with Crippen molar-refractivity contribution in [2.75, 3.05) is 11.6 Å². The summed E-state index contributed by atoms with van der Waals surface area (Å²) in [6, 6.07) is -0.725. The predicted octanol–water partition coefficient (Wildman–Crippen LogP) is 0.0999. The summed E-state index contributed by atoms with van der Waals surface area (Å²) in [5, 5.41) is 8.92. The van der Waals surface area contributed by atoms with Gasteiger partial charge in [-0.1, -0.05) is 6.92 Å². The van der Waals surface area contributed by atoms with Crippen LogP contribution in [0.1, 0.15) is 20.3 Å². The molecule has 0 aliphatic carbocycles. The number of thioether (sulfide) groups is 1. The minimum Gasteiger partial charge on any atom is -0.480 e. The molecule has 2 atom stereocenters. The summed E-state index contributed by atoms with van der Waals surface area (Å²) < 4.78 is 0. The lowest BCUT2D eigenvalue weighted by atomic mass is 9.98. The highest BCUT2D eigenvalue weighted by molar-refractivity contribution is 7.99. The molecule has 15 heavy (non-hydrogen) atoms. The monoisotopic (exact) mass is 232 g/mol. The quantitative estimate of drug-likeness (QED) is 0.721. The third-order valence-electron chi connectivity index (χ3n) is 2.65. The Kier molecular flexibility index (Phi) is 3.62. The highest BCUT2D eigenvalue weighted by atomic mass is 32.2. The summed E-state index contributed by atoms with van der Waals surface area (Å²) in [5.74, 6) is -0.369. The van der Waals surface area contributed by atoms with E-state index in [4.69, 9.17) is 10.8 Å². The molecule has 1 rings (SSSR count). The smallest absolute Gasteiger partial charge is 0.327 e. The van der Waals surface area contributed by atoms with Gasteiger partial charge in [0.05, 0.1) is 11.4 Å². The summed E-state index contributed by atoms with van der Waals surface area (Å²) in [6.45, 7) is 3.45. The minimum atomic E-state index is -0.960. The fourth-order valence-corrected chi connectivity index (χ4v) is 2.47. The average molecular weight is 232 g/mol. The molecule has 0 radical (unpaired) electrons. The number of nitrogens with zero attached hydrogens (tertiary/aromatic N) is 1. The number of rotatable bonds is 3. The molecule has 6 heteroatoms. The molecule has 1 saturated heterocycles. The summed E-state index contributed by atoms with van der Waals surface area (Å²) in [4.78, 5) is 24.2. The zero-order valence-electron chi connectivity index (χ0n) is 8.90. The normalized spacial score (nSPS) is 25.0. The molecule has 1 unspecified atom stereocenters. The highest BCUT2D eigenvalue weighted by Gasteiger charge is 2.40. The molecular weight excluding hydrogens is 216 g/mol. The maximum atomic E-state index is 11.9. The first-order valence-corrected chi connectivity index (χ1v) is 5.96. The van der Waals surface area contributed by atoms with Gasteiger partial charge in [0.25, 0.3) is 0 Å². The van der Waals surface area contributed by atoms with Gasteiger partial charge in [-0.3, -0.25) is 4.79 Å². The van der Waals surface area contributed by atoms with Crippen molar-refractivity contribution in [3.8, 4) is 0 Å². The molecule has 1 aliphatic rings. The standard InChI is InChI=1S/C9H16N2O3S/c1-3-9(2,10)8(14)11-5-15-4-6(11)7(12)13/h6H,3-5,10H2,1-2H3,(H,12,13)/t6-,9?/m0/s1. The first-order valence-electron chi connectivity index (χ1n) is 4.80. The van der Waals surface area contributed by atoms with E-state index in [-0.39, 0.29) is 5.91 Å². The van der Waals surface area contributed by atoms with Crippen molar-refractivity contribution in [3.05, 3.63) is 0 Å². The van der Waals surface area contributed by atoms with Crippen LogP contribution in [0.2, 0.25) is 0 Å². The molecule has 0 saturated carbocycles. The molecule has 1 heterocycles. The summed E-state index contributed by atoms with van der Waals surface area (Å²) in [6.07, 6.45) is 0.499. The Morgan fingerprint density at radius 1 is 1.67 bits per heavy atom. The van der Waals surface area contributed by atoms with Crippen LogP contribution in [-0.2, 0) is 9.59 Å². The Morgan fingerprint density at radius 3 is 2.73 bits per heavy atom. The fourth-order valence-electron chi connectivity index (χ4n) is 1.33. The van der Waals surface area contributed by atoms with E-state index in [9.17, 15) is 9.59 Å². The second kappa shape index (κ2) is 4.40. The van der Waals surface area contributed by atoms with Crippen molar-refractivity contribution in [2.24, 2.45) is 5.73 Å². The van der Waals surface area contributed by atoms with Crippen molar-refractivity contribution < 1.29 is 14.7 Å². The SMILES string of the molecule is CCC(C)(N)C(=O)N1CSC[C@H]1C(=O)O. The molecule has 86 valence electrons. The number of carboxylic acid groups (broad SMARTS) is 1. The average Bonchev–Trinajstić information content (AvgIpc) is 2.64. The van der Waals surface area contributed by atoms with E-state index >= 15 is 0 Å². The number of aliphatic carboxylic acids is 1. The number of carbonyl (C=O) groups is 2. The molecule has 1 fully saturated rings. The van der Waals surface area contributed by atoms with E-state index in [1.54, 1.807) is 6.92 Å². The first-order chi connectivity index (χ1) is 6.90. The maximum absolute atomic E-state index is 11.9. The number of amides is 1. The van der Waals surface area contributed by atoms with E-state index < -0.39 is 17.6 Å². The maximum Gasteiger partial charge on any atom is 0.327 e. The van der Waals surface area contributed by atoms with Crippen molar-refractivity contribution >= 4 is 23.6 Å². The number of hydrogen-bond acceptors (Lipinski definition) is 4. The van der Waals surface area contributed by atoms with Gasteiger partial charge in [0, 0.05) is 5.75 Å². The van der Waals surface area contributed by atoms with Gasteiger partial charge in [0.2, 0.25) is 5.91 Å². The van der Waals surface area contributed by atoms with Crippen LogP contribution in [-0.4, -0.2) is 45.1 Å². The number of nitrogens with two attached hydrogens (primary N) is 1. The lowest BCUT2D eigenvalue weighted by Gasteiger charge is -2.29. The van der Waals surface area contributed by atoms with E-state index in [0.29, 0.717) is 18.1 Å². The number of carboxylic acids is 1. The number of hydrogen-bond donors (Lipinski definition) is 2. The van der Waals surface area contributed by atoms with Crippen LogP contribution < -0.4 is 5.73 Å². The van der Waals surface area contributed by atoms with Gasteiger partial charge >= 0.3 is 5.97 Å². The summed E-state index contributed by atoms with van der Waals surface area (Å²) in [5.41, 5.74) is 4.85. The second-order valence-electron chi connectivity index (χ2n) is 3.90. The number of carbonyl (C=O) groups excluding carboxylic acids is 1. The summed E-state index contributed by atoms with van der Waals surface area (Å²) in [7, 11) is 0. The van der Waals surface area contributed by atoms with Crippen LogP contribution in [0.25, 0.3) is 0 Å². The van der Waals surface area contributed by atoms with Gasteiger partial charge < -0.3 is 15.7 Å². The molecule has 0 aromatic heterocycles. The van der Waals surface area contributed by atoms with Gasteiger partial charge in [0.1, 0.15) is 6.04 Å². The lowest BCUT2D eigenvalue weighted by molar-refractivity contribution is -0.149. The van der Waals surface area contributed by atoms with Crippen LogP contribution in [0.3, 0.4) is 0 Å². The van der Waals surface area contributed by atoms with Gasteiger partial charge in [-0.25, -0.2) is 4.79 Å². The molecule has 0 aromatic rings.